The lowest BCUT2D eigenvalue weighted by atomic mass is 10.4. The molecule has 1 saturated carbocycles. The van der Waals surface area contributed by atoms with Gasteiger partial charge >= 0.3 is 0 Å². The van der Waals surface area contributed by atoms with Gasteiger partial charge < -0.3 is 9.67 Å². The lowest BCUT2D eigenvalue weighted by Gasteiger charge is -2.06. The van der Waals surface area contributed by atoms with Gasteiger partial charge in [0, 0.05) is 12.5 Å². The number of aliphatic hydroxyl groups excluding tert-OH is 1. The summed E-state index contributed by atoms with van der Waals surface area (Å²) in [6.45, 7) is 2.82. The third kappa shape index (κ3) is 2.85. The fourth-order valence-corrected chi connectivity index (χ4v) is 2.87. The van der Waals surface area contributed by atoms with Crippen LogP contribution in [0, 0.1) is 0 Å². The van der Waals surface area contributed by atoms with E-state index in [4.69, 9.17) is 0 Å². The van der Waals surface area contributed by atoms with Crippen LogP contribution in [0.3, 0.4) is 0 Å². The molecule has 2 aromatic heterocycles. The minimum Gasteiger partial charge on any atom is -0.388 e. The molecular weight excluding hydrogens is 276 g/mol. The maximum atomic E-state index is 9.25. The zero-order valence-corrected chi connectivity index (χ0v) is 12.2. The lowest BCUT2D eigenvalue weighted by molar-refractivity contribution is 0.263. The molecule has 20 heavy (non-hydrogen) atoms. The minimum absolute atomic E-state index is 0.0817. The van der Waals surface area contributed by atoms with E-state index in [1.807, 2.05) is 4.57 Å². The second-order valence-electron chi connectivity index (χ2n) is 4.91. The number of nitrogens with one attached hydrogen (secondary N) is 1. The molecule has 108 valence electrons. The van der Waals surface area contributed by atoms with Gasteiger partial charge in [0.2, 0.25) is 0 Å². The van der Waals surface area contributed by atoms with E-state index in [-0.39, 0.29) is 6.61 Å². The van der Waals surface area contributed by atoms with Crippen LogP contribution in [0.1, 0.15) is 49.6 Å². The van der Waals surface area contributed by atoms with E-state index in [0.29, 0.717) is 17.5 Å². The van der Waals surface area contributed by atoms with Gasteiger partial charge in [-0.15, -0.1) is 10.2 Å². The molecule has 3 rings (SSSR count). The van der Waals surface area contributed by atoms with Crippen LogP contribution in [0.5, 0.6) is 0 Å². The highest BCUT2D eigenvalue weighted by Gasteiger charge is 2.27. The van der Waals surface area contributed by atoms with Crippen LogP contribution < -0.4 is 0 Å². The molecule has 1 aliphatic carbocycles. The molecule has 0 saturated heterocycles. The van der Waals surface area contributed by atoms with E-state index in [1.165, 1.54) is 12.8 Å². The molecule has 1 fully saturated rings. The van der Waals surface area contributed by atoms with Gasteiger partial charge in [-0.05, 0) is 19.3 Å². The van der Waals surface area contributed by atoms with Gasteiger partial charge in [0.15, 0.2) is 16.8 Å². The molecular formula is C12H18N6OS. The second kappa shape index (κ2) is 5.92. The van der Waals surface area contributed by atoms with Gasteiger partial charge in [-0.25, -0.2) is 4.98 Å². The summed E-state index contributed by atoms with van der Waals surface area (Å²) in [5.74, 6) is 3.67. The topological polar surface area (TPSA) is 92.5 Å². The summed E-state index contributed by atoms with van der Waals surface area (Å²) in [4.78, 5) is 4.50. The van der Waals surface area contributed by atoms with Gasteiger partial charge in [-0.1, -0.05) is 18.7 Å². The number of nitrogens with zero attached hydrogens (tertiary/aromatic N) is 5. The molecule has 1 aliphatic rings. The van der Waals surface area contributed by atoms with Crippen LogP contribution in [0.25, 0.3) is 0 Å². The molecule has 0 bridgehead atoms. The average molecular weight is 294 g/mol. The highest BCUT2D eigenvalue weighted by molar-refractivity contribution is 7.98. The predicted molar refractivity (Wildman–Crippen MR) is 74.2 cm³/mol. The molecule has 7 nitrogen and oxygen atoms in total. The monoisotopic (exact) mass is 294 g/mol. The van der Waals surface area contributed by atoms with Crippen molar-refractivity contribution < 1.29 is 5.11 Å². The number of thioether (sulfide) groups is 1. The van der Waals surface area contributed by atoms with Crippen molar-refractivity contribution in [1.29, 1.82) is 0 Å². The summed E-state index contributed by atoms with van der Waals surface area (Å²) in [7, 11) is 0. The molecule has 0 aromatic carbocycles. The Bertz CT molecular complexity index is 576. The molecule has 0 radical (unpaired) electrons. The first-order chi connectivity index (χ1) is 9.81. The summed E-state index contributed by atoms with van der Waals surface area (Å²) >= 11 is 1.57. The number of H-pyrrole nitrogens is 1. The van der Waals surface area contributed by atoms with Crippen LogP contribution in [-0.2, 0) is 18.9 Å². The average Bonchev–Trinajstić information content (AvgIpc) is 3.08. The Balaban J connectivity index is 1.65. The summed E-state index contributed by atoms with van der Waals surface area (Å²) in [6, 6.07) is 0. The van der Waals surface area contributed by atoms with E-state index < -0.39 is 0 Å². The van der Waals surface area contributed by atoms with Crippen LogP contribution >= 0.6 is 11.8 Å². The van der Waals surface area contributed by atoms with E-state index in [0.717, 1.165) is 29.8 Å². The molecule has 0 spiro atoms. The quantitative estimate of drug-likeness (QED) is 0.751. The van der Waals surface area contributed by atoms with Crippen molar-refractivity contribution in [2.75, 3.05) is 0 Å². The van der Waals surface area contributed by atoms with E-state index in [2.05, 4.69) is 32.3 Å². The van der Waals surface area contributed by atoms with Gasteiger partial charge in [-0.2, -0.15) is 5.10 Å². The maximum absolute atomic E-state index is 9.25. The Morgan fingerprint density at radius 3 is 2.95 bits per heavy atom. The molecule has 2 aromatic rings. The molecule has 0 atom stereocenters. The highest BCUT2D eigenvalue weighted by atomic mass is 32.2. The van der Waals surface area contributed by atoms with Crippen LogP contribution in [0.15, 0.2) is 5.16 Å². The molecule has 8 heteroatoms. The van der Waals surface area contributed by atoms with E-state index >= 15 is 0 Å². The van der Waals surface area contributed by atoms with Gasteiger partial charge in [0.05, 0.1) is 5.75 Å². The zero-order valence-electron chi connectivity index (χ0n) is 11.4. The predicted octanol–water partition coefficient (Wildman–Crippen LogP) is 1.47. The molecule has 2 heterocycles. The fraction of sp³-hybridized carbons (Fsp3) is 0.667. The van der Waals surface area contributed by atoms with Gasteiger partial charge in [0.1, 0.15) is 12.4 Å². The smallest absolute Gasteiger partial charge is 0.191 e. The summed E-state index contributed by atoms with van der Waals surface area (Å²) in [6.07, 6.45) is 3.39. The normalized spacial score (nSPS) is 14.9. The number of aliphatic hydroxyl groups is 1. The summed E-state index contributed by atoms with van der Waals surface area (Å²) in [5.41, 5.74) is 0. The van der Waals surface area contributed by atoms with Crippen molar-refractivity contribution in [2.24, 2.45) is 0 Å². The fourth-order valence-electron chi connectivity index (χ4n) is 2.02. The third-order valence-electron chi connectivity index (χ3n) is 3.21. The van der Waals surface area contributed by atoms with E-state index in [9.17, 15) is 5.11 Å². The third-order valence-corrected chi connectivity index (χ3v) is 4.19. The largest absolute Gasteiger partial charge is 0.388 e. The zero-order chi connectivity index (χ0) is 13.9. The van der Waals surface area contributed by atoms with Crippen LogP contribution in [0.4, 0.5) is 0 Å². The van der Waals surface area contributed by atoms with Crippen LogP contribution in [-0.4, -0.2) is 35.1 Å². The van der Waals surface area contributed by atoms with Crippen LogP contribution in [0.2, 0.25) is 0 Å². The summed E-state index contributed by atoms with van der Waals surface area (Å²) in [5, 5.41) is 25.4. The van der Waals surface area contributed by atoms with Crippen molar-refractivity contribution >= 4 is 11.8 Å². The van der Waals surface area contributed by atoms with Crippen molar-refractivity contribution in [3.8, 4) is 0 Å². The number of aromatic nitrogens is 6. The Morgan fingerprint density at radius 1 is 1.40 bits per heavy atom. The van der Waals surface area contributed by atoms with Crippen molar-refractivity contribution in [1.82, 2.24) is 29.9 Å². The molecule has 0 amide bonds. The Labute approximate surface area is 121 Å². The first-order valence-corrected chi connectivity index (χ1v) is 7.87. The second-order valence-corrected chi connectivity index (χ2v) is 5.85. The standard InChI is InChI=1S/C12H18N6OS/c1-2-5-18-10(6-19)15-17-12(18)20-7-9-13-11(16-14-9)8-3-4-8/h8,19H,2-7H2,1H3,(H,13,14,16). The molecule has 0 aliphatic heterocycles. The lowest BCUT2D eigenvalue weighted by Crippen LogP contribution is -2.04. The Kier molecular flexibility index (Phi) is 4.02. The maximum Gasteiger partial charge on any atom is 0.191 e. The van der Waals surface area contributed by atoms with Crippen molar-refractivity contribution in [2.45, 2.75) is 56.2 Å². The minimum atomic E-state index is -0.0817. The van der Waals surface area contributed by atoms with Crippen molar-refractivity contribution in [3.05, 3.63) is 17.5 Å². The van der Waals surface area contributed by atoms with Gasteiger partial charge in [-0.3, -0.25) is 5.10 Å². The Morgan fingerprint density at radius 2 is 2.25 bits per heavy atom. The van der Waals surface area contributed by atoms with Crippen molar-refractivity contribution in [3.63, 3.8) is 0 Å². The first-order valence-electron chi connectivity index (χ1n) is 6.88. The van der Waals surface area contributed by atoms with E-state index in [1.54, 1.807) is 11.8 Å². The first kappa shape index (κ1) is 13.6. The SMILES string of the molecule is CCCn1c(CO)nnc1SCc1nc(C2CC2)n[nH]1. The number of hydrogen-bond donors (Lipinski definition) is 2. The highest BCUT2D eigenvalue weighted by Crippen LogP contribution is 2.38. The molecule has 0 unspecified atom stereocenters. The van der Waals surface area contributed by atoms with Gasteiger partial charge in [0.25, 0.3) is 0 Å². The Hall–Kier alpha value is -1.41. The number of aromatic amines is 1. The number of rotatable bonds is 7. The number of hydrogen-bond acceptors (Lipinski definition) is 6. The molecule has 2 N–H and O–H groups in total. The summed E-state index contributed by atoms with van der Waals surface area (Å²) < 4.78 is 1.96.